The van der Waals surface area contributed by atoms with E-state index in [0.717, 1.165) is 56.2 Å². The molecule has 6 aromatic carbocycles. The van der Waals surface area contributed by atoms with Crippen molar-refractivity contribution in [1.29, 1.82) is 0 Å². The van der Waals surface area contributed by atoms with Gasteiger partial charge in [-0.25, -0.2) is 4.98 Å². The molecule has 3 aromatic heterocycles. The van der Waals surface area contributed by atoms with Gasteiger partial charge in [-0.05, 0) is 41.8 Å². The molecule has 1 aliphatic rings. The van der Waals surface area contributed by atoms with Crippen LogP contribution in [0.2, 0.25) is 0 Å². The summed E-state index contributed by atoms with van der Waals surface area (Å²) in [7, 11) is 0. The molecule has 0 N–H and O–H groups in total. The first-order valence-electron chi connectivity index (χ1n) is 17.6. The van der Waals surface area contributed by atoms with Crippen LogP contribution >= 0.6 is 0 Å². The van der Waals surface area contributed by atoms with Gasteiger partial charge in [0.15, 0.2) is 11.5 Å². The van der Waals surface area contributed by atoms with Crippen LogP contribution in [-0.2, 0) is 28.0 Å². The number of pyridine rings is 1. The number of hydrogen-bond donors (Lipinski definition) is 0. The Hall–Kier alpha value is -6.17. The van der Waals surface area contributed by atoms with E-state index in [9.17, 15) is 0 Å². The van der Waals surface area contributed by atoms with Crippen molar-refractivity contribution in [2.24, 2.45) is 6.98 Å². The molecule has 4 heterocycles. The van der Waals surface area contributed by atoms with E-state index in [1.165, 1.54) is 4.57 Å². The van der Waals surface area contributed by atoms with E-state index < -0.39 is 6.98 Å². The summed E-state index contributed by atoms with van der Waals surface area (Å²) in [5, 5.41) is 2.06. The number of ether oxygens (including phenoxy) is 2. The van der Waals surface area contributed by atoms with Crippen LogP contribution in [0.25, 0.3) is 44.3 Å². The molecular weight excluding hydrogens is 814 g/mol. The van der Waals surface area contributed by atoms with Crippen LogP contribution in [0.1, 0.15) is 4.11 Å². The van der Waals surface area contributed by atoms with E-state index in [4.69, 9.17) is 18.6 Å². The standard InChI is InChI=1S/C43H27N5O2.Pt/c1-45-28-46(37-16-5-4-15-36(37)45)29-11-10-12-31(25-29)49-32-21-22-34-33-13-2-3-14-35(33)48(40(34)27-32)43-26-30(23-24-44-43)47-38-17-6-8-19-41(38)50-42-20-9-7-18-39(42)47;/h2-24,26H,1H3;/q-2;/i1D3;. The minimum absolute atomic E-state index is 0. The minimum atomic E-state index is -2.40. The van der Waals surface area contributed by atoms with Gasteiger partial charge < -0.3 is 28.1 Å². The molecule has 0 fully saturated rings. The number of anilines is 3. The number of para-hydroxylation sites is 7. The second-order valence-electron chi connectivity index (χ2n) is 11.9. The Morgan fingerprint density at radius 1 is 0.706 bits per heavy atom. The summed E-state index contributed by atoms with van der Waals surface area (Å²) in [5.74, 6) is 3.20. The number of imidazole rings is 1. The van der Waals surface area contributed by atoms with Gasteiger partial charge in [0.05, 0.1) is 39.2 Å². The molecule has 0 radical (unpaired) electrons. The van der Waals surface area contributed by atoms with Gasteiger partial charge in [0.25, 0.3) is 0 Å². The zero-order valence-electron chi connectivity index (χ0n) is 29.7. The summed E-state index contributed by atoms with van der Waals surface area (Å²) in [6.07, 6.45) is 4.82. The normalized spacial score (nSPS) is 13.1. The number of nitrogens with zero attached hydrogens (tertiary/aromatic N) is 5. The first-order valence-corrected chi connectivity index (χ1v) is 16.1. The maximum atomic E-state index is 8.03. The Morgan fingerprint density at radius 3 is 2.25 bits per heavy atom. The van der Waals surface area contributed by atoms with Gasteiger partial charge >= 0.3 is 0 Å². The van der Waals surface area contributed by atoms with Crippen LogP contribution in [0.3, 0.4) is 0 Å². The summed E-state index contributed by atoms with van der Waals surface area (Å²) in [6, 6.07) is 51.9. The quantitative estimate of drug-likeness (QED) is 0.128. The van der Waals surface area contributed by atoms with Gasteiger partial charge in [0, 0.05) is 50.3 Å². The van der Waals surface area contributed by atoms with Gasteiger partial charge in [0.1, 0.15) is 5.82 Å². The molecule has 0 atom stereocenters. The van der Waals surface area contributed by atoms with Crippen molar-refractivity contribution in [3.63, 3.8) is 0 Å². The first kappa shape index (κ1) is 27.6. The van der Waals surface area contributed by atoms with Gasteiger partial charge in [-0.3, -0.25) is 0 Å². The van der Waals surface area contributed by atoms with Crippen LogP contribution in [0, 0.1) is 18.5 Å². The SMILES string of the molecule is [2H]C([2H])([2H])[n+]1[c-]n(-c2[c-]c(Oc3[c-]c4c(cc3)c3ccccc3n4-c3cc(N4c5ccccc5Oc5ccccc54)ccn3)ccc2)c2ccccc21.[Pt]. The van der Waals surface area contributed by atoms with Gasteiger partial charge in [-0.1, -0.05) is 77.9 Å². The van der Waals surface area contributed by atoms with E-state index in [0.29, 0.717) is 28.2 Å². The summed E-state index contributed by atoms with van der Waals surface area (Å²) in [6.45, 7) is -2.40. The van der Waals surface area contributed by atoms with Crippen molar-refractivity contribution in [2.75, 3.05) is 4.90 Å². The monoisotopic (exact) mass is 843 g/mol. The third-order valence-corrected chi connectivity index (χ3v) is 8.98. The number of fused-ring (bicyclic) bond motifs is 6. The van der Waals surface area contributed by atoms with E-state index >= 15 is 0 Å². The smallest absolute Gasteiger partial charge is 0.242 e. The Bertz CT molecular complexity index is 2840. The van der Waals surface area contributed by atoms with Crippen LogP contribution < -0.4 is 18.9 Å². The Morgan fingerprint density at radius 2 is 1.43 bits per heavy atom. The maximum Gasteiger partial charge on any atom is 0.242 e. The summed E-state index contributed by atoms with van der Waals surface area (Å²) in [5.41, 5.74) is 6.40. The average Bonchev–Trinajstić information content (AvgIpc) is 3.74. The number of aryl methyl sites for hydroxylation is 1. The van der Waals surface area contributed by atoms with E-state index in [1.807, 2.05) is 109 Å². The summed E-state index contributed by atoms with van der Waals surface area (Å²) < 4.78 is 41.7. The minimum Gasteiger partial charge on any atom is -0.510 e. The number of benzene rings is 6. The zero-order chi connectivity index (χ0) is 35.7. The maximum absolute atomic E-state index is 8.03. The molecule has 248 valence electrons. The topological polar surface area (TPSA) is 48.3 Å². The van der Waals surface area contributed by atoms with Crippen LogP contribution in [0.5, 0.6) is 23.0 Å². The van der Waals surface area contributed by atoms with Crippen LogP contribution in [0.4, 0.5) is 17.1 Å². The van der Waals surface area contributed by atoms with Crippen molar-refractivity contribution in [3.05, 3.63) is 164 Å². The van der Waals surface area contributed by atoms with Crippen LogP contribution in [-0.4, -0.2) is 14.1 Å². The molecule has 0 saturated heterocycles. The Labute approximate surface area is 312 Å². The van der Waals surface area contributed by atoms with E-state index in [1.54, 1.807) is 10.6 Å². The van der Waals surface area contributed by atoms with Crippen molar-refractivity contribution in [3.8, 4) is 34.5 Å². The molecule has 0 aliphatic carbocycles. The Balaban J connectivity index is 0.00000384. The van der Waals surface area contributed by atoms with Crippen molar-refractivity contribution < 1.29 is 39.2 Å². The zero-order valence-corrected chi connectivity index (χ0v) is 29.0. The predicted molar refractivity (Wildman–Crippen MR) is 194 cm³/mol. The average molecular weight is 844 g/mol. The first-order chi connectivity index (χ1) is 25.9. The van der Waals surface area contributed by atoms with Gasteiger partial charge in [0.2, 0.25) is 6.33 Å². The molecule has 9 aromatic rings. The summed E-state index contributed by atoms with van der Waals surface area (Å²) >= 11 is 0. The molecule has 1 aliphatic heterocycles. The fourth-order valence-corrected chi connectivity index (χ4v) is 6.80. The second-order valence-corrected chi connectivity index (χ2v) is 11.9. The fraction of sp³-hybridized carbons (Fsp3) is 0.0233. The van der Waals surface area contributed by atoms with Crippen molar-refractivity contribution in [1.82, 2.24) is 14.1 Å². The Kier molecular flexibility index (Phi) is 6.67. The number of aromatic nitrogens is 4. The molecule has 7 nitrogen and oxygen atoms in total. The molecule has 0 amide bonds. The summed E-state index contributed by atoms with van der Waals surface area (Å²) in [4.78, 5) is 7.08. The molecule has 51 heavy (non-hydrogen) atoms. The molecule has 0 bridgehead atoms. The predicted octanol–water partition coefficient (Wildman–Crippen LogP) is 9.71. The third kappa shape index (κ3) is 5.08. The van der Waals surface area contributed by atoms with Gasteiger partial charge in [-0.15, -0.1) is 29.7 Å². The number of hydrogen-bond acceptors (Lipinski definition) is 4. The molecule has 0 spiro atoms. The van der Waals surface area contributed by atoms with Gasteiger partial charge in [-0.2, -0.15) is 18.2 Å². The van der Waals surface area contributed by atoms with E-state index in [2.05, 4.69) is 58.3 Å². The largest absolute Gasteiger partial charge is 0.510 e. The van der Waals surface area contributed by atoms with Crippen LogP contribution in [0.15, 0.2) is 146 Å². The number of rotatable bonds is 5. The fourth-order valence-electron chi connectivity index (χ4n) is 6.80. The molecule has 8 heteroatoms. The van der Waals surface area contributed by atoms with Crippen molar-refractivity contribution >= 4 is 49.9 Å². The second kappa shape index (κ2) is 12.3. The van der Waals surface area contributed by atoms with E-state index in [-0.39, 0.29) is 21.1 Å². The molecular formula is C43H27N5O2Pt-2. The molecule has 0 unspecified atom stereocenters. The molecule has 0 saturated carbocycles. The van der Waals surface area contributed by atoms with Crippen molar-refractivity contribution in [2.45, 2.75) is 0 Å². The molecule has 10 rings (SSSR count). The third-order valence-electron chi connectivity index (χ3n) is 8.98.